The maximum absolute atomic E-state index is 12.3. The van der Waals surface area contributed by atoms with Gasteiger partial charge in [0.2, 0.25) is 5.91 Å². The lowest BCUT2D eigenvalue weighted by Gasteiger charge is -2.16. The third kappa shape index (κ3) is 3.92. The zero-order valence-electron chi connectivity index (χ0n) is 12.8. The Kier molecular flexibility index (Phi) is 5.30. The molecule has 0 saturated heterocycles. The molecule has 0 aliphatic heterocycles. The lowest BCUT2D eigenvalue weighted by atomic mass is 10.2. The number of hydrogen-bond acceptors (Lipinski definition) is 5. The number of rotatable bonds is 7. The van der Waals surface area contributed by atoms with Gasteiger partial charge in [-0.25, -0.2) is 0 Å². The van der Waals surface area contributed by atoms with E-state index in [1.54, 1.807) is 23.1 Å². The molecular weight excluding hydrogens is 328 g/mol. The molecule has 0 aliphatic rings. The molecule has 1 N–H and O–H groups in total. The van der Waals surface area contributed by atoms with Crippen molar-refractivity contribution < 1.29 is 4.79 Å². The number of pyridine rings is 1. The van der Waals surface area contributed by atoms with Crippen molar-refractivity contribution in [1.29, 1.82) is 0 Å². The Morgan fingerprint density at radius 3 is 3.04 bits per heavy atom. The van der Waals surface area contributed by atoms with Gasteiger partial charge < -0.3 is 5.32 Å². The number of thioether (sulfide) groups is 1. The highest BCUT2D eigenvalue weighted by Gasteiger charge is 2.20. The van der Waals surface area contributed by atoms with Gasteiger partial charge in [0.1, 0.15) is 0 Å². The zero-order chi connectivity index (χ0) is 16.1. The van der Waals surface area contributed by atoms with Crippen molar-refractivity contribution in [2.24, 2.45) is 0 Å². The predicted molar refractivity (Wildman–Crippen MR) is 94.9 cm³/mol. The lowest BCUT2D eigenvalue weighted by Crippen LogP contribution is -2.31. The molecule has 1 unspecified atom stereocenters. The summed E-state index contributed by atoms with van der Waals surface area (Å²) < 4.78 is 1.94. The van der Waals surface area contributed by atoms with Crippen molar-refractivity contribution in [2.75, 3.05) is 12.0 Å². The van der Waals surface area contributed by atoms with Gasteiger partial charge in [0.05, 0.1) is 12.5 Å². The molecule has 0 fully saturated rings. The smallest absolute Gasteiger partial charge is 0.225 e. The molecule has 7 heteroatoms. The third-order valence-electron chi connectivity index (χ3n) is 3.51. The summed E-state index contributed by atoms with van der Waals surface area (Å²) in [6.07, 6.45) is 5.23. The molecule has 3 aromatic rings. The molecule has 0 aliphatic carbocycles. The maximum Gasteiger partial charge on any atom is 0.225 e. The second kappa shape index (κ2) is 7.61. The Morgan fingerprint density at radius 2 is 2.26 bits per heavy atom. The maximum atomic E-state index is 12.3. The van der Waals surface area contributed by atoms with Crippen LogP contribution in [0.3, 0.4) is 0 Å². The second-order valence-corrected chi connectivity index (χ2v) is 7.16. The average Bonchev–Trinajstić information content (AvgIpc) is 3.20. The standard InChI is InChI=1S/C16H18N4OS2/c1-22-10-7-13(17-15(21)11-12-5-4-9-23-12)16-19-18-14-6-2-3-8-20(14)16/h2-6,8-9,13H,7,10-11H2,1H3,(H,17,21). The van der Waals surface area contributed by atoms with Gasteiger partial charge in [0, 0.05) is 11.1 Å². The quantitative estimate of drug-likeness (QED) is 0.714. The Hall–Kier alpha value is -1.86. The van der Waals surface area contributed by atoms with Crippen LogP contribution in [0.25, 0.3) is 5.65 Å². The molecule has 1 amide bonds. The molecule has 3 heterocycles. The number of thiophene rings is 1. The number of nitrogens with one attached hydrogen (secondary N) is 1. The Labute approximate surface area is 143 Å². The number of amides is 1. The minimum Gasteiger partial charge on any atom is -0.346 e. The van der Waals surface area contributed by atoms with Gasteiger partial charge >= 0.3 is 0 Å². The molecule has 0 radical (unpaired) electrons. The van der Waals surface area contributed by atoms with Gasteiger partial charge in [-0.3, -0.25) is 9.20 Å². The van der Waals surface area contributed by atoms with Crippen LogP contribution in [-0.2, 0) is 11.2 Å². The van der Waals surface area contributed by atoms with E-state index in [-0.39, 0.29) is 11.9 Å². The van der Waals surface area contributed by atoms with E-state index >= 15 is 0 Å². The average molecular weight is 346 g/mol. The van der Waals surface area contributed by atoms with E-state index in [2.05, 4.69) is 21.8 Å². The van der Waals surface area contributed by atoms with Crippen molar-refractivity contribution >= 4 is 34.7 Å². The van der Waals surface area contributed by atoms with Crippen LogP contribution >= 0.6 is 23.1 Å². The topological polar surface area (TPSA) is 59.3 Å². The summed E-state index contributed by atoms with van der Waals surface area (Å²) in [4.78, 5) is 13.4. The van der Waals surface area contributed by atoms with Gasteiger partial charge in [0.15, 0.2) is 11.5 Å². The molecule has 3 aromatic heterocycles. The first-order valence-electron chi connectivity index (χ1n) is 7.38. The van der Waals surface area contributed by atoms with Crippen molar-refractivity contribution in [3.8, 4) is 0 Å². The first kappa shape index (κ1) is 16.0. The fraction of sp³-hybridized carbons (Fsp3) is 0.312. The molecule has 23 heavy (non-hydrogen) atoms. The summed E-state index contributed by atoms with van der Waals surface area (Å²) in [6.45, 7) is 0. The van der Waals surface area contributed by atoms with Crippen LogP contribution < -0.4 is 5.32 Å². The molecule has 0 spiro atoms. The van der Waals surface area contributed by atoms with E-state index in [1.807, 2.05) is 46.3 Å². The largest absolute Gasteiger partial charge is 0.346 e. The van der Waals surface area contributed by atoms with Crippen LogP contribution in [0, 0.1) is 0 Å². The number of aromatic nitrogens is 3. The Morgan fingerprint density at radius 1 is 1.35 bits per heavy atom. The van der Waals surface area contributed by atoms with Gasteiger partial charge in [0.25, 0.3) is 0 Å². The van der Waals surface area contributed by atoms with E-state index in [0.717, 1.165) is 28.5 Å². The molecule has 3 rings (SSSR count). The van der Waals surface area contributed by atoms with E-state index in [9.17, 15) is 4.79 Å². The summed E-state index contributed by atoms with van der Waals surface area (Å²) in [5, 5.41) is 13.6. The summed E-state index contributed by atoms with van der Waals surface area (Å²) in [5.41, 5.74) is 0.796. The van der Waals surface area contributed by atoms with E-state index in [1.165, 1.54) is 0 Å². The van der Waals surface area contributed by atoms with Gasteiger partial charge in [-0.2, -0.15) is 11.8 Å². The highest BCUT2D eigenvalue weighted by atomic mass is 32.2. The fourth-order valence-corrected chi connectivity index (χ4v) is 3.59. The number of fused-ring (bicyclic) bond motifs is 1. The molecule has 120 valence electrons. The molecule has 0 bridgehead atoms. The van der Waals surface area contributed by atoms with E-state index in [0.29, 0.717) is 6.42 Å². The first-order chi connectivity index (χ1) is 11.3. The third-order valence-corrected chi connectivity index (χ3v) is 5.03. The van der Waals surface area contributed by atoms with Crippen molar-refractivity contribution in [1.82, 2.24) is 19.9 Å². The number of nitrogens with zero attached hydrogens (tertiary/aromatic N) is 3. The fourth-order valence-electron chi connectivity index (χ4n) is 2.42. The molecule has 5 nitrogen and oxygen atoms in total. The SMILES string of the molecule is CSCCC(NC(=O)Cc1cccs1)c1nnc2ccccn12. The number of carbonyl (C=O) groups is 1. The summed E-state index contributed by atoms with van der Waals surface area (Å²) in [7, 11) is 0. The van der Waals surface area contributed by atoms with Crippen LogP contribution in [0.5, 0.6) is 0 Å². The Balaban J connectivity index is 1.78. The van der Waals surface area contributed by atoms with Crippen LogP contribution in [0.4, 0.5) is 0 Å². The highest BCUT2D eigenvalue weighted by Crippen LogP contribution is 2.19. The van der Waals surface area contributed by atoms with Crippen LogP contribution in [-0.4, -0.2) is 32.5 Å². The molecular formula is C16H18N4OS2. The van der Waals surface area contributed by atoms with E-state index < -0.39 is 0 Å². The lowest BCUT2D eigenvalue weighted by molar-refractivity contribution is -0.121. The minimum atomic E-state index is -0.132. The zero-order valence-corrected chi connectivity index (χ0v) is 14.4. The molecule has 0 saturated carbocycles. The molecule has 1 atom stereocenters. The highest BCUT2D eigenvalue weighted by molar-refractivity contribution is 7.98. The first-order valence-corrected chi connectivity index (χ1v) is 9.65. The minimum absolute atomic E-state index is 0.0197. The normalized spacial score (nSPS) is 12.4. The van der Waals surface area contributed by atoms with Crippen molar-refractivity contribution in [2.45, 2.75) is 18.9 Å². The van der Waals surface area contributed by atoms with Crippen LogP contribution in [0.15, 0.2) is 41.9 Å². The summed E-state index contributed by atoms with van der Waals surface area (Å²) >= 11 is 3.36. The van der Waals surface area contributed by atoms with Gasteiger partial charge in [-0.1, -0.05) is 12.1 Å². The van der Waals surface area contributed by atoms with Gasteiger partial charge in [-0.05, 0) is 42.0 Å². The van der Waals surface area contributed by atoms with Crippen LogP contribution in [0.2, 0.25) is 0 Å². The Bertz CT molecular complexity index is 769. The van der Waals surface area contributed by atoms with Crippen molar-refractivity contribution in [3.05, 3.63) is 52.6 Å². The predicted octanol–water partition coefficient (Wildman–Crippen LogP) is 2.94. The van der Waals surface area contributed by atoms with Gasteiger partial charge in [-0.15, -0.1) is 21.5 Å². The van der Waals surface area contributed by atoms with Crippen molar-refractivity contribution in [3.63, 3.8) is 0 Å². The monoisotopic (exact) mass is 346 g/mol. The molecule has 0 aromatic carbocycles. The number of hydrogen-bond donors (Lipinski definition) is 1. The van der Waals surface area contributed by atoms with E-state index in [4.69, 9.17) is 0 Å². The number of carbonyl (C=O) groups excluding carboxylic acids is 1. The summed E-state index contributed by atoms with van der Waals surface area (Å²) in [6, 6.07) is 9.60. The second-order valence-electron chi connectivity index (χ2n) is 5.14. The van der Waals surface area contributed by atoms with Crippen LogP contribution in [0.1, 0.15) is 23.2 Å². The summed E-state index contributed by atoms with van der Waals surface area (Å²) in [5.74, 6) is 1.76.